The first-order valence-electron chi connectivity index (χ1n) is 15.4. The van der Waals surface area contributed by atoms with Gasteiger partial charge in [-0.2, -0.15) is 0 Å². The minimum atomic E-state index is -2.86. The molecule has 0 saturated carbocycles. The second-order valence-electron chi connectivity index (χ2n) is 12.2. The fourth-order valence-corrected chi connectivity index (χ4v) is 24.4. The second kappa shape index (κ2) is 13.5. The lowest BCUT2D eigenvalue weighted by atomic mass is 10.1. The molecule has 6 heteroatoms. The van der Waals surface area contributed by atoms with E-state index in [-0.39, 0.29) is 0 Å². The Bertz CT molecular complexity index is 821. The molecule has 0 aromatic carbocycles. The summed E-state index contributed by atoms with van der Waals surface area (Å²) in [6.07, 6.45) is 42.5. The Labute approximate surface area is 231 Å². The van der Waals surface area contributed by atoms with Crippen molar-refractivity contribution in [3.63, 3.8) is 0 Å². The molecule has 0 fully saturated rings. The van der Waals surface area contributed by atoms with Gasteiger partial charge in [0.05, 0.1) is 0 Å². The normalized spacial score (nSPS) is 35.5. The molecule has 0 aromatic rings. The SMILES string of the molecule is CO[Si](O[SiH2]C1CC=CCC1)(O[Si](C1CC=CCC1)(C1CC=CCC1)C1CC=CCC1)C1CC=CCC1. The molecule has 0 saturated heterocycles. The van der Waals surface area contributed by atoms with Gasteiger partial charge in [-0.25, -0.2) is 0 Å². The first-order chi connectivity index (χ1) is 18.3. The van der Waals surface area contributed by atoms with Crippen molar-refractivity contribution in [3.8, 4) is 0 Å². The predicted molar refractivity (Wildman–Crippen MR) is 163 cm³/mol. The highest BCUT2D eigenvalue weighted by atomic mass is 28.5. The van der Waals surface area contributed by atoms with Crippen LogP contribution in [0, 0.1) is 0 Å². The molecule has 3 nitrogen and oxygen atoms in total. The average Bonchev–Trinajstić information content (AvgIpc) is 3.00. The van der Waals surface area contributed by atoms with Crippen LogP contribution in [-0.4, -0.2) is 34.0 Å². The van der Waals surface area contributed by atoms with Crippen LogP contribution in [0.4, 0.5) is 0 Å². The molecule has 0 aliphatic heterocycles. The maximum Gasteiger partial charge on any atom is 0.483 e. The zero-order chi connectivity index (χ0) is 25.4. The summed E-state index contributed by atoms with van der Waals surface area (Å²) in [5, 5.41) is 0. The van der Waals surface area contributed by atoms with E-state index in [0.29, 0.717) is 22.2 Å². The fraction of sp³-hybridized carbons (Fsp3) is 0.677. The zero-order valence-corrected chi connectivity index (χ0v) is 26.6. The monoisotopic (exact) mass is 554 g/mol. The van der Waals surface area contributed by atoms with Crippen molar-refractivity contribution in [2.45, 2.75) is 124 Å². The maximum atomic E-state index is 8.14. The van der Waals surface area contributed by atoms with Gasteiger partial charge in [0, 0.05) is 12.7 Å². The minimum Gasteiger partial charge on any atom is -0.421 e. The van der Waals surface area contributed by atoms with Crippen LogP contribution in [0.5, 0.6) is 0 Å². The van der Waals surface area contributed by atoms with E-state index in [9.17, 15) is 0 Å². The molecule has 5 aliphatic rings. The molecule has 6 atom stereocenters. The van der Waals surface area contributed by atoms with Crippen LogP contribution in [0.2, 0.25) is 27.7 Å². The van der Waals surface area contributed by atoms with Crippen molar-refractivity contribution in [1.29, 1.82) is 0 Å². The largest absolute Gasteiger partial charge is 0.483 e. The summed E-state index contributed by atoms with van der Waals surface area (Å²) in [6, 6.07) is 0. The van der Waals surface area contributed by atoms with Gasteiger partial charge in [0.1, 0.15) is 0 Å². The van der Waals surface area contributed by atoms with Crippen molar-refractivity contribution in [2.24, 2.45) is 0 Å². The van der Waals surface area contributed by atoms with Crippen molar-refractivity contribution in [2.75, 3.05) is 7.11 Å². The molecule has 204 valence electrons. The highest BCUT2D eigenvalue weighted by Crippen LogP contribution is 2.57. The van der Waals surface area contributed by atoms with Crippen LogP contribution < -0.4 is 0 Å². The highest BCUT2D eigenvalue weighted by Gasteiger charge is 2.61. The molecule has 0 amide bonds. The lowest BCUT2D eigenvalue weighted by molar-refractivity contribution is 0.173. The van der Waals surface area contributed by atoms with E-state index in [4.69, 9.17) is 12.7 Å². The summed E-state index contributed by atoms with van der Waals surface area (Å²) in [7, 11) is -3.91. The Morgan fingerprint density at radius 2 is 0.973 bits per heavy atom. The van der Waals surface area contributed by atoms with E-state index in [1.54, 1.807) is 0 Å². The molecule has 37 heavy (non-hydrogen) atoms. The highest BCUT2D eigenvalue weighted by molar-refractivity contribution is 6.87. The van der Waals surface area contributed by atoms with E-state index >= 15 is 0 Å². The van der Waals surface area contributed by atoms with Gasteiger partial charge in [-0.15, -0.1) is 0 Å². The van der Waals surface area contributed by atoms with Crippen molar-refractivity contribution in [1.82, 2.24) is 0 Å². The summed E-state index contributed by atoms with van der Waals surface area (Å²) in [5.74, 6) is 0. The van der Waals surface area contributed by atoms with E-state index in [1.165, 1.54) is 83.5 Å². The van der Waals surface area contributed by atoms with Gasteiger partial charge in [-0.05, 0) is 118 Å². The van der Waals surface area contributed by atoms with E-state index in [1.807, 2.05) is 7.11 Å². The molecule has 0 aromatic heterocycles. The molecule has 0 bridgehead atoms. The maximum absolute atomic E-state index is 8.14. The van der Waals surface area contributed by atoms with Gasteiger partial charge in [-0.1, -0.05) is 60.8 Å². The summed E-state index contributed by atoms with van der Waals surface area (Å²) >= 11 is 0. The van der Waals surface area contributed by atoms with Gasteiger partial charge in [0.25, 0.3) is 0 Å². The van der Waals surface area contributed by atoms with Crippen molar-refractivity contribution in [3.05, 3.63) is 60.8 Å². The Morgan fingerprint density at radius 3 is 1.35 bits per heavy atom. The van der Waals surface area contributed by atoms with Gasteiger partial charge in [-0.3, -0.25) is 0 Å². The van der Waals surface area contributed by atoms with Crippen LogP contribution in [-0.2, 0) is 12.7 Å². The molecule has 0 heterocycles. The van der Waals surface area contributed by atoms with Gasteiger partial charge < -0.3 is 12.7 Å². The topological polar surface area (TPSA) is 27.7 Å². The minimum absolute atomic E-state index is 0.429. The van der Waals surface area contributed by atoms with Crippen LogP contribution in [0.25, 0.3) is 0 Å². The molecular weight excluding hydrogens is 505 g/mol. The third-order valence-corrected chi connectivity index (χ3v) is 23.5. The lowest BCUT2D eigenvalue weighted by Gasteiger charge is -2.54. The van der Waals surface area contributed by atoms with E-state index in [0.717, 1.165) is 18.4 Å². The summed E-state index contributed by atoms with van der Waals surface area (Å²) in [6.45, 7) is 0. The number of allylic oxidation sites excluding steroid dienone is 10. The number of rotatable bonds is 10. The fourth-order valence-electron chi connectivity index (χ4n) is 7.96. The van der Waals surface area contributed by atoms with E-state index < -0.39 is 26.9 Å². The van der Waals surface area contributed by atoms with Gasteiger partial charge in [0.15, 0.2) is 18.1 Å². The molecule has 0 spiro atoms. The Kier molecular flexibility index (Phi) is 10.2. The average molecular weight is 555 g/mol. The third kappa shape index (κ3) is 6.36. The van der Waals surface area contributed by atoms with Crippen molar-refractivity contribution >= 4 is 26.9 Å². The van der Waals surface area contributed by atoms with Crippen LogP contribution in [0.1, 0.15) is 96.3 Å². The Morgan fingerprint density at radius 1 is 0.541 bits per heavy atom. The van der Waals surface area contributed by atoms with Crippen LogP contribution in [0.3, 0.4) is 0 Å². The number of hydrogen-bond acceptors (Lipinski definition) is 3. The lowest BCUT2D eigenvalue weighted by Crippen LogP contribution is -2.64. The second-order valence-corrected chi connectivity index (χ2v) is 22.2. The molecular formula is C31H50O3Si3. The summed E-state index contributed by atoms with van der Waals surface area (Å²) in [5.41, 5.74) is 3.23. The Balaban J connectivity index is 1.54. The summed E-state index contributed by atoms with van der Waals surface area (Å²) < 4.78 is 22.2. The predicted octanol–water partition coefficient (Wildman–Crippen LogP) is 8.60. The first-order valence-corrected chi connectivity index (χ1v) is 20.7. The molecule has 5 rings (SSSR count). The van der Waals surface area contributed by atoms with Gasteiger partial charge in [0.2, 0.25) is 0 Å². The first kappa shape index (κ1) is 27.8. The summed E-state index contributed by atoms with van der Waals surface area (Å²) in [4.78, 5) is 0. The number of hydrogen-bond donors (Lipinski definition) is 0. The van der Waals surface area contributed by atoms with E-state index in [2.05, 4.69) is 60.8 Å². The van der Waals surface area contributed by atoms with Crippen LogP contribution >= 0.6 is 0 Å². The third-order valence-electron chi connectivity index (χ3n) is 9.99. The zero-order valence-electron chi connectivity index (χ0n) is 23.2. The smallest absolute Gasteiger partial charge is 0.421 e. The van der Waals surface area contributed by atoms with Crippen molar-refractivity contribution < 1.29 is 12.7 Å². The molecule has 0 radical (unpaired) electrons. The Hall–Kier alpha value is -0.769. The van der Waals surface area contributed by atoms with Gasteiger partial charge >= 0.3 is 8.80 Å². The molecule has 6 unspecified atom stereocenters. The standard InChI is InChI=1S/C31H50O3Si3/c1-32-37(31-25-15-6-16-26-31,33-35-27-17-7-2-8-18-27)34-36(28-19-9-3-10-20-28,29-21-11-4-12-22-29)30-23-13-5-14-24-30/h2-7,9,11,13,15,27-31H,8,10,12,14,16-26,35H2,1H3. The quantitative estimate of drug-likeness (QED) is 0.200. The van der Waals surface area contributed by atoms with Crippen LogP contribution in [0.15, 0.2) is 60.8 Å². The molecule has 5 aliphatic carbocycles. The molecule has 0 N–H and O–H groups in total.